The van der Waals surface area contributed by atoms with Crippen LogP contribution in [0.3, 0.4) is 0 Å². The monoisotopic (exact) mass is 320 g/mol. The van der Waals surface area contributed by atoms with Crippen molar-refractivity contribution >= 4 is 5.91 Å². The van der Waals surface area contributed by atoms with Gasteiger partial charge in [-0.3, -0.25) is 14.4 Å². The Balaban J connectivity index is 1.90. The Morgan fingerprint density at radius 2 is 1.91 bits per heavy atom. The Morgan fingerprint density at radius 1 is 1.26 bits per heavy atom. The maximum Gasteiger partial charge on any atom is 0.224 e. The van der Waals surface area contributed by atoms with E-state index < -0.39 is 0 Å². The van der Waals surface area contributed by atoms with Gasteiger partial charge in [0.2, 0.25) is 5.91 Å². The molecule has 1 amide bonds. The molecule has 5 heteroatoms. The quantitative estimate of drug-likeness (QED) is 0.838. The maximum atomic E-state index is 12.4. The summed E-state index contributed by atoms with van der Waals surface area (Å²) in [5.74, 6) is 0.762. The number of nitrogens with zero attached hydrogens (tertiary/aromatic N) is 3. The van der Waals surface area contributed by atoms with Gasteiger partial charge in [0.1, 0.15) is 0 Å². The van der Waals surface area contributed by atoms with E-state index in [-0.39, 0.29) is 5.91 Å². The van der Waals surface area contributed by atoms with E-state index >= 15 is 0 Å². The van der Waals surface area contributed by atoms with E-state index in [9.17, 15) is 4.79 Å². The molecule has 1 fully saturated rings. The fraction of sp³-hybridized carbons (Fsp3) is 0.778. The SMILES string of the molecule is Cc1nn(C)c(C)c1CC(=O)NC[C@@H](CC(C)C)N1CCCC1. The predicted molar refractivity (Wildman–Crippen MR) is 93.4 cm³/mol. The molecule has 0 spiro atoms. The molecule has 1 atom stereocenters. The lowest BCUT2D eigenvalue weighted by atomic mass is 10.0. The Bertz CT molecular complexity index is 529. The van der Waals surface area contributed by atoms with E-state index in [2.05, 4.69) is 29.2 Å². The van der Waals surface area contributed by atoms with Gasteiger partial charge in [-0.1, -0.05) is 13.8 Å². The summed E-state index contributed by atoms with van der Waals surface area (Å²) in [6.07, 6.45) is 4.15. The average molecular weight is 320 g/mol. The van der Waals surface area contributed by atoms with Crippen molar-refractivity contribution in [1.82, 2.24) is 20.0 Å². The van der Waals surface area contributed by atoms with Crippen molar-refractivity contribution in [2.24, 2.45) is 13.0 Å². The summed E-state index contributed by atoms with van der Waals surface area (Å²) < 4.78 is 1.85. The molecule has 0 saturated carbocycles. The molecule has 1 aromatic heterocycles. The first kappa shape index (κ1) is 18.0. The van der Waals surface area contributed by atoms with Gasteiger partial charge >= 0.3 is 0 Å². The summed E-state index contributed by atoms with van der Waals surface area (Å²) in [6.45, 7) is 11.6. The van der Waals surface area contributed by atoms with Crippen molar-refractivity contribution in [2.45, 2.75) is 59.4 Å². The number of carbonyl (C=O) groups excluding carboxylic acids is 1. The fourth-order valence-electron chi connectivity index (χ4n) is 3.54. The minimum Gasteiger partial charge on any atom is -0.354 e. The van der Waals surface area contributed by atoms with Crippen molar-refractivity contribution in [1.29, 1.82) is 0 Å². The van der Waals surface area contributed by atoms with Crippen LogP contribution in [-0.4, -0.2) is 46.3 Å². The van der Waals surface area contributed by atoms with Crippen LogP contribution in [0.2, 0.25) is 0 Å². The second kappa shape index (κ2) is 7.95. The summed E-state index contributed by atoms with van der Waals surface area (Å²) in [5.41, 5.74) is 3.10. The first-order chi connectivity index (χ1) is 10.9. The second-order valence-electron chi connectivity index (χ2n) is 7.28. The van der Waals surface area contributed by atoms with Gasteiger partial charge in [0.25, 0.3) is 0 Å². The van der Waals surface area contributed by atoms with Crippen molar-refractivity contribution in [3.8, 4) is 0 Å². The molecular weight excluding hydrogens is 288 g/mol. The number of likely N-dealkylation sites (tertiary alicyclic amines) is 1. The van der Waals surface area contributed by atoms with Crippen LogP contribution >= 0.6 is 0 Å². The summed E-state index contributed by atoms with van der Waals surface area (Å²) >= 11 is 0. The molecule has 5 nitrogen and oxygen atoms in total. The molecule has 1 aliphatic rings. The second-order valence-corrected chi connectivity index (χ2v) is 7.28. The van der Waals surface area contributed by atoms with Gasteiger partial charge in [0.05, 0.1) is 12.1 Å². The van der Waals surface area contributed by atoms with Crippen LogP contribution in [0.15, 0.2) is 0 Å². The molecule has 0 bridgehead atoms. The summed E-state index contributed by atoms with van der Waals surface area (Å²) in [7, 11) is 1.93. The van der Waals surface area contributed by atoms with E-state index in [0.717, 1.165) is 29.9 Å². The Hall–Kier alpha value is -1.36. The topological polar surface area (TPSA) is 50.2 Å². The molecule has 0 radical (unpaired) electrons. The number of hydrogen-bond donors (Lipinski definition) is 1. The van der Waals surface area contributed by atoms with Gasteiger partial charge in [-0.15, -0.1) is 0 Å². The molecule has 1 aromatic rings. The lowest BCUT2D eigenvalue weighted by Gasteiger charge is -2.29. The summed E-state index contributed by atoms with van der Waals surface area (Å²) in [4.78, 5) is 14.9. The van der Waals surface area contributed by atoms with E-state index in [1.165, 1.54) is 25.9 Å². The van der Waals surface area contributed by atoms with Crippen molar-refractivity contribution in [2.75, 3.05) is 19.6 Å². The first-order valence-corrected chi connectivity index (χ1v) is 8.88. The lowest BCUT2D eigenvalue weighted by Crippen LogP contribution is -2.43. The van der Waals surface area contributed by atoms with Gasteiger partial charge in [-0.2, -0.15) is 5.10 Å². The third-order valence-corrected chi connectivity index (χ3v) is 4.93. The zero-order valence-electron chi connectivity index (χ0n) is 15.4. The highest BCUT2D eigenvalue weighted by Gasteiger charge is 2.23. The average Bonchev–Trinajstić information content (AvgIpc) is 3.08. The van der Waals surface area contributed by atoms with Crippen LogP contribution in [0.25, 0.3) is 0 Å². The van der Waals surface area contributed by atoms with E-state index in [4.69, 9.17) is 0 Å². The lowest BCUT2D eigenvalue weighted by molar-refractivity contribution is -0.120. The predicted octanol–water partition coefficient (Wildman–Crippen LogP) is 2.21. The molecular formula is C18H32N4O. The largest absolute Gasteiger partial charge is 0.354 e. The van der Waals surface area contributed by atoms with Gasteiger partial charge < -0.3 is 5.32 Å². The van der Waals surface area contributed by atoms with Crippen molar-refractivity contribution in [3.63, 3.8) is 0 Å². The first-order valence-electron chi connectivity index (χ1n) is 8.88. The van der Waals surface area contributed by atoms with Crippen LogP contribution in [0.1, 0.15) is 50.1 Å². The molecule has 2 rings (SSSR count). The molecule has 2 heterocycles. The van der Waals surface area contributed by atoms with Crippen LogP contribution in [-0.2, 0) is 18.3 Å². The number of hydrogen-bond acceptors (Lipinski definition) is 3. The number of amides is 1. The minimum atomic E-state index is 0.108. The minimum absolute atomic E-state index is 0.108. The molecule has 0 aromatic carbocycles. The van der Waals surface area contributed by atoms with Crippen molar-refractivity contribution in [3.05, 3.63) is 17.0 Å². The number of aryl methyl sites for hydroxylation is 2. The van der Waals surface area contributed by atoms with Crippen LogP contribution in [0.4, 0.5) is 0 Å². The van der Waals surface area contributed by atoms with E-state index in [1.807, 2.05) is 25.6 Å². The standard InChI is InChI=1S/C18H32N4O/c1-13(2)10-16(22-8-6-7-9-22)12-19-18(23)11-17-14(3)20-21(5)15(17)4/h13,16H,6-12H2,1-5H3,(H,19,23)/t16-/m1/s1. The third kappa shape index (κ3) is 4.80. The van der Waals surface area contributed by atoms with Gasteiger partial charge in [0.15, 0.2) is 0 Å². The Kier molecular flexibility index (Phi) is 6.22. The van der Waals surface area contributed by atoms with Gasteiger partial charge in [-0.25, -0.2) is 0 Å². The number of rotatable bonds is 7. The normalized spacial score (nSPS) is 17.0. The molecule has 1 N–H and O–H groups in total. The zero-order chi connectivity index (χ0) is 17.0. The van der Waals surface area contributed by atoms with Crippen LogP contribution in [0, 0.1) is 19.8 Å². The van der Waals surface area contributed by atoms with E-state index in [0.29, 0.717) is 18.4 Å². The maximum absolute atomic E-state index is 12.4. The molecule has 130 valence electrons. The number of nitrogens with one attached hydrogen (secondary N) is 1. The van der Waals surface area contributed by atoms with Crippen LogP contribution in [0.5, 0.6) is 0 Å². The number of aromatic nitrogens is 2. The van der Waals surface area contributed by atoms with Crippen molar-refractivity contribution < 1.29 is 4.79 Å². The smallest absolute Gasteiger partial charge is 0.224 e. The molecule has 0 unspecified atom stereocenters. The van der Waals surface area contributed by atoms with Gasteiger partial charge in [-0.05, 0) is 52.1 Å². The zero-order valence-corrected chi connectivity index (χ0v) is 15.4. The molecule has 0 aliphatic carbocycles. The van der Waals surface area contributed by atoms with E-state index in [1.54, 1.807) is 0 Å². The molecule has 23 heavy (non-hydrogen) atoms. The molecule has 1 saturated heterocycles. The Labute approximate surface area is 140 Å². The highest BCUT2D eigenvalue weighted by atomic mass is 16.1. The summed E-state index contributed by atoms with van der Waals surface area (Å²) in [5, 5.41) is 7.55. The number of carbonyl (C=O) groups is 1. The highest BCUT2D eigenvalue weighted by molar-refractivity contribution is 5.79. The highest BCUT2D eigenvalue weighted by Crippen LogP contribution is 2.17. The summed E-state index contributed by atoms with van der Waals surface area (Å²) in [6, 6.07) is 0.470. The Morgan fingerprint density at radius 3 is 2.43 bits per heavy atom. The fourth-order valence-corrected chi connectivity index (χ4v) is 3.54. The third-order valence-electron chi connectivity index (χ3n) is 4.93. The van der Waals surface area contributed by atoms with Gasteiger partial charge in [0, 0.05) is 30.9 Å². The molecule has 1 aliphatic heterocycles. The van der Waals surface area contributed by atoms with Crippen LogP contribution < -0.4 is 5.32 Å².